The topological polar surface area (TPSA) is 19.9 Å². The van der Waals surface area contributed by atoms with Crippen molar-refractivity contribution < 1.29 is 5.11 Å². The first kappa shape index (κ1) is 10.6. The fourth-order valence-electron chi connectivity index (χ4n) is 0.996. The summed E-state index contributed by atoms with van der Waals surface area (Å²) in [7, 11) is 0. The molecule has 1 aromatic rings. The molecule has 0 saturated heterocycles. The van der Waals surface area contributed by atoms with Crippen LogP contribution in [-0.2, 0) is 5.11 Å². The summed E-state index contributed by atoms with van der Waals surface area (Å²) in [5.74, 6) is 0. The standard InChI is InChI=1S/C10H9Cl2O/c1-7(11)6-10(13)8-2-4-9(12)5-3-8/h2-5,10H,1,6H2. The van der Waals surface area contributed by atoms with Gasteiger partial charge in [0.05, 0.1) is 0 Å². The molecule has 1 atom stereocenters. The van der Waals surface area contributed by atoms with E-state index in [2.05, 4.69) is 6.58 Å². The van der Waals surface area contributed by atoms with Crippen LogP contribution in [0.15, 0.2) is 35.9 Å². The molecule has 0 aromatic heterocycles. The lowest BCUT2D eigenvalue weighted by molar-refractivity contribution is 0.0910. The highest BCUT2D eigenvalue weighted by Crippen LogP contribution is 2.23. The molecule has 0 fully saturated rings. The van der Waals surface area contributed by atoms with Crippen molar-refractivity contribution in [1.82, 2.24) is 0 Å². The predicted molar refractivity (Wildman–Crippen MR) is 54.5 cm³/mol. The Labute approximate surface area is 87.6 Å². The SMILES string of the molecule is C=C(Cl)CC([O])c1ccc(Cl)cc1. The Bertz CT molecular complexity index is 292. The molecule has 1 rings (SSSR count). The van der Waals surface area contributed by atoms with Crippen LogP contribution in [0.25, 0.3) is 0 Å². The molecule has 0 heterocycles. The number of benzene rings is 1. The van der Waals surface area contributed by atoms with Crippen molar-refractivity contribution in [2.45, 2.75) is 12.5 Å². The Morgan fingerprint density at radius 1 is 1.38 bits per heavy atom. The van der Waals surface area contributed by atoms with Crippen molar-refractivity contribution in [3.05, 3.63) is 46.5 Å². The monoisotopic (exact) mass is 215 g/mol. The van der Waals surface area contributed by atoms with E-state index in [1.165, 1.54) is 0 Å². The smallest absolute Gasteiger partial charge is 0.123 e. The van der Waals surface area contributed by atoms with Crippen LogP contribution in [0.2, 0.25) is 5.02 Å². The van der Waals surface area contributed by atoms with E-state index in [0.29, 0.717) is 15.6 Å². The van der Waals surface area contributed by atoms with Gasteiger partial charge in [0.15, 0.2) is 0 Å². The number of halogens is 2. The quantitative estimate of drug-likeness (QED) is 0.728. The minimum absolute atomic E-state index is 0.253. The lowest BCUT2D eigenvalue weighted by Crippen LogP contribution is -1.94. The van der Waals surface area contributed by atoms with Gasteiger partial charge in [-0.1, -0.05) is 41.9 Å². The van der Waals surface area contributed by atoms with Gasteiger partial charge in [-0.25, -0.2) is 5.11 Å². The number of rotatable bonds is 3. The average Bonchev–Trinajstić information content (AvgIpc) is 2.04. The van der Waals surface area contributed by atoms with Crippen LogP contribution >= 0.6 is 23.2 Å². The molecule has 69 valence electrons. The van der Waals surface area contributed by atoms with Crippen molar-refractivity contribution in [1.29, 1.82) is 0 Å². The molecule has 1 unspecified atom stereocenters. The normalized spacial score (nSPS) is 12.5. The second kappa shape index (κ2) is 4.66. The van der Waals surface area contributed by atoms with Crippen LogP contribution in [0.4, 0.5) is 0 Å². The molecule has 0 spiro atoms. The Morgan fingerprint density at radius 3 is 2.38 bits per heavy atom. The van der Waals surface area contributed by atoms with E-state index in [-0.39, 0.29) is 6.42 Å². The van der Waals surface area contributed by atoms with Crippen molar-refractivity contribution >= 4 is 23.2 Å². The maximum Gasteiger partial charge on any atom is 0.123 e. The zero-order chi connectivity index (χ0) is 9.84. The minimum atomic E-state index is -0.845. The van der Waals surface area contributed by atoms with E-state index in [0.717, 1.165) is 0 Å². The molecular formula is C10H9Cl2O. The third-order valence-corrected chi connectivity index (χ3v) is 2.05. The largest absolute Gasteiger partial charge is 0.228 e. The molecule has 0 amide bonds. The Morgan fingerprint density at radius 2 is 1.92 bits per heavy atom. The molecule has 0 saturated carbocycles. The number of hydrogen-bond acceptors (Lipinski definition) is 0. The Kier molecular flexibility index (Phi) is 3.79. The van der Waals surface area contributed by atoms with E-state index in [1.54, 1.807) is 24.3 Å². The van der Waals surface area contributed by atoms with E-state index in [4.69, 9.17) is 23.2 Å². The van der Waals surface area contributed by atoms with Crippen molar-refractivity contribution in [3.63, 3.8) is 0 Å². The van der Waals surface area contributed by atoms with Crippen LogP contribution < -0.4 is 0 Å². The summed E-state index contributed by atoms with van der Waals surface area (Å²) in [6.45, 7) is 3.48. The fourth-order valence-corrected chi connectivity index (χ4v) is 1.26. The molecule has 0 aliphatic carbocycles. The molecule has 0 N–H and O–H groups in total. The van der Waals surface area contributed by atoms with E-state index in [9.17, 15) is 5.11 Å². The second-order valence-electron chi connectivity index (χ2n) is 2.76. The first-order chi connectivity index (χ1) is 6.09. The van der Waals surface area contributed by atoms with Gasteiger partial charge in [0, 0.05) is 16.5 Å². The van der Waals surface area contributed by atoms with E-state index < -0.39 is 6.10 Å². The molecule has 1 nitrogen and oxygen atoms in total. The maximum atomic E-state index is 11.5. The summed E-state index contributed by atoms with van der Waals surface area (Å²) in [6.07, 6.45) is -0.592. The van der Waals surface area contributed by atoms with E-state index >= 15 is 0 Å². The van der Waals surface area contributed by atoms with Crippen LogP contribution in [0, 0.1) is 0 Å². The first-order valence-electron chi connectivity index (χ1n) is 3.84. The lowest BCUT2D eigenvalue weighted by Gasteiger charge is -2.06. The molecular weight excluding hydrogens is 207 g/mol. The molecule has 1 aromatic carbocycles. The van der Waals surface area contributed by atoms with Gasteiger partial charge in [0.25, 0.3) is 0 Å². The summed E-state index contributed by atoms with van der Waals surface area (Å²) in [6, 6.07) is 6.80. The third-order valence-electron chi connectivity index (χ3n) is 1.65. The summed E-state index contributed by atoms with van der Waals surface area (Å²) in [4.78, 5) is 0. The van der Waals surface area contributed by atoms with Gasteiger partial charge in [-0.3, -0.25) is 0 Å². The highest BCUT2D eigenvalue weighted by Gasteiger charge is 2.09. The Hall–Kier alpha value is -0.500. The van der Waals surface area contributed by atoms with Crippen molar-refractivity contribution in [3.8, 4) is 0 Å². The average molecular weight is 216 g/mol. The van der Waals surface area contributed by atoms with Gasteiger partial charge in [-0.2, -0.15) is 0 Å². The second-order valence-corrected chi connectivity index (χ2v) is 3.73. The predicted octanol–water partition coefficient (Wildman–Crippen LogP) is 3.95. The van der Waals surface area contributed by atoms with Gasteiger partial charge < -0.3 is 0 Å². The van der Waals surface area contributed by atoms with Crippen LogP contribution in [-0.4, -0.2) is 0 Å². The highest BCUT2D eigenvalue weighted by atomic mass is 35.5. The number of hydrogen-bond donors (Lipinski definition) is 0. The maximum absolute atomic E-state index is 11.5. The van der Waals surface area contributed by atoms with Gasteiger partial charge in [0.1, 0.15) is 6.10 Å². The van der Waals surface area contributed by atoms with Crippen LogP contribution in [0.5, 0.6) is 0 Å². The van der Waals surface area contributed by atoms with E-state index in [1.807, 2.05) is 0 Å². The fraction of sp³-hybridized carbons (Fsp3) is 0.200. The van der Waals surface area contributed by atoms with Gasteiger partial charge >= 0.3 is 0 Å². The third kappa shape index (κ3) is 3.39. The minimum Gasteiger partial charge on any atom is -0.228 e. The van der Waals surface area contributed by atoms with Crippen molar-refractivity contribution in [2.75, 3.05) is 0 Å². The van der Waals surface area contributed by atoms with Crippen LogP contribution in [0.1, 0.15) is 18.1 Å². The summed E-state index contributed by atoms with van der Waals surface area (Å²) in [5.41, 5.74) is 0.686. The van der Waals surface area contributed by atoms with Gasteiger partial charge in [-0.15, -0.1) is 0 Å². The first-order valence-corrected chi connectivity index (χ1v) is 4.59. The molecule has 1 radical (unpaired) electrons. The van der Waals surface area contributed by atoms with Gasteiger partial charge in [-0.05, 0) is 17.7 Å². The zero-order valence-corrected chi connectivity index (χ0v) is 8.48. The molecule has 0 aliphatic heterocycles. The Balaban J connectivity index is 2.71. The van der Waals surface area contributed by atoms with Crippen LogP contribution in [0.3, 0.4) is 0 Å². The molecule has 0 bridgehead atoms. The molecule has 3 heteroatoms. The summed E-state index contributed by atoms with van der Waals surface area (Å²) in [5, 5.41) is 12.5. The van der Waals surface area contributed by atoms with Gasteiger partial charge in [0.2, 0.25) is 0 Å². The summed E-state index contributed by atoms with van der Waals surface area (Å²) >= 11 is 11.2. The molecule has 0 aliphatic rings. The highest BCUT2D eigenvalue weighted by molar-refractivity contribution is 6.30. The molecule has 13 heavy (non-hydrogen) atoms. The zero-order valence-electron chi connectivity index (χ0n) is 6.97. The lowest BCUT2D eigenvalue weighted by atomic mass is 10.1. The summed E-state index contributed by atoms with van der Waals surface area (Å²) < 4.78 is 0. The van der Waals surface area contributed by atoms with Crippen molar-refractivity contribution in [2.24, 2.45) is 0 Å².